The molecule has 0 aliphatic heterocycles. The van der Waals surface area contributed by atoms with E-state index in [0.717, 1.165) is 19.3 Å². The van der Waals surface area contributed by atoms with Crippen LogP contribution in [0.3, 0.4) is 0 Å². The highest BCUT2D eigenvalue weighted by molar-refractivity contribution is 5.91. The molecule has 4 rings (SSSR count). The van der Waals surface area contributed by atoms with E-state index in [2.05, 4.69) is 15.3 Å². The number of hydrogen-bond acceptors (Lipinski definition) is 5. The van der Waals surface area contributed by atoms with Gasteiger partial charge < -0.3 is 10.2 Å². The number of aromatic nitrogens is 3. The molecule has 7 nitrogen and oxygen atoms in total. The Morgan fingerprint density at radius 1 is 1.10 bits per heavy atom. The van der Waals surface area contributed by atoms with Crippen molar-refractivity contribution in [1.82, 2.24) is 14.5 Å². The molecule has 1 aliphatic carbocycles. The normalized spacial score (nSPS) is 16.8. The molecule has 1 atom stereocenters. The second-order valence-electron chi connectivity index (χ2n) is 8.85. The Balaban J connectivity index is 1.64. The third-order valence-corrected chi connectivity index (χ3v) is 5.76. The van der Waals surface area contributed by atoms with Crippen molar-refractivity contribution >= 4 is 23.0 Å². The quantitative estimate of drug-likeness (QED) is 0.578. The highest BCUT2D eigenvalue weighted by atomic mass is 16.3. The number of benzene rings is 1. The maximum absolute atomic E-state index is 12.8. The number of aliphatic hydroxyl groups is 2. The zero-order valence-electron chi connectivity index (χ0n) is 17.6. The molecule has 1 aromatic carbocycles. The minimum Gasteiger partial charge on any atom is -0.385 e. The van der Waals surface area contributed by atoms with E-state index in [9.17, 15) is 15.0 Å². The lowest BCUT2D eigenvalue weighted by Crippen LogP contribution is -2.30. The SMILES string of the molecule is CC(C)(O)c1ccc2nc(NC(=O)C[C@](C)(O)c3ccccc3)n(C3CCC3)c2n1. The van der Waals surface area contributed by atoms with Crippen molar-refractivity contribution in [1.29, 1.82) is 0 Å². The van der Waals surface area contributed by atoms with Crippen LogP contribution in [0.5, 0.6) is 0 Å². The van der Waals surface area contributed by atoms with Gasteiger partial charge in [0.1, 0.15) is 11.1 Å². The van der Waals surface area contributed by atoms with Crippen LogP contribution >= 0.6 is 0 Å². The van der Waals surface area contributed by atoms with Gasteiger partial charge in [-0.05, 0) is 57.7 Å². The van der Waals surface area contributed by atoms with Crippen molar-refractivity contribution in [3.63, 3.8) is 0 Å². The fraction of sp³-hybridized carbons (Fsp3) is 0.435. The van der Waals surface area contributed by atoms with Gasteiger partial charge in [0.15, 0.2) is 5.65 Å². The summed E-state index contributed by atoms with van der Waals surface area (Å²) >= 11 is 0. The molecule has 1 aliphatic rings. The first-order chi connectivity index (χ1) is 14.1. The van der Waals surface area contributed by atoms with Gasteiger partial charge in [0, 0.05) is 6.04 Å². The Morgan fingerprint density at radius 2 is 1.80 bits per heavy atom. The van der Waals surface area contributed by atoms with E-state index in [0.29, 0.717) is 28.4 Å². The molecule has 0 radical (unpaired) electrons. The number of carbonyl (C=O) groups excluding carboxylic acids is 1. The van der Waals surface area contributed by atoms with E-state index < -0.39 is 11.2 Å². The second-order valence-corrected chi connectivity index (χ2v) is 8.85. The van der Waals surface area contributed by atoms with Crippen LogP contribution < -0.4 is 5.32 Å². The third kappa shape index (κ3) is 3.95. The second kappa shape index (κ2) is 7.49. The van der Waals surface area contributed by atoms with Gasteiger partial charge in [0.05, 0.1) is 17.7 Å². The van der Waals surface area contributed by atoms with Crippen LogP contribution in [0.25, 0.3) is 11.2 Å². The van der Waals surface area contributed by atoms with Gasteiger partial charge in [-0.2, -0.15) is 0 Å². The molecule has 2 aromatic heterocycles. The first-order valence-electron chi connectivity index (χ1n) is 10.3. The highest BCUT2D eigenvalue weighted by Crippen LogP contribution is 2.37. The van der Waals surface area contributed by atoms with E-state index >= 15 is 0 Å². The lowest BCUT2D eigenvalue weighted by molar-refractivity contribution is -0.120. The molecular weight excluding hydrogens is 380 g/mol. The van der Waals surface area contributed by atoms with Gasteiger partial charge in [-0.15, -0.1) is 0 Å². The molecule has 0 unspecified atom stereocenters. The smallest absolute Gasteiger partial charge is 0.229 e. The summed E-state index contributed by atoms with van der Waals surface area (Å²) in [6.45, 7) is 5.02. The third-order valence-electron chi connectivity index (χ3n) is 5.76. The first-order valence-corrected chi connectivity index (χ1v) is 10.3. The van der Waals surface area contributed by atoms with Crippen molar-refractivity contribution in [2.75, 3.05) is 5.32 Å². The number of anilines is 1. The van der Waals surface area contributed by atoms with Crippen LogP contribution in [0.4, 0.5) is 5.95 Å². The zero-order valence-corrected chi connectivity index (χ0v) is 17.6. The molecule has 158 valence electrons. The number of carbonyl (C=O) groups is 1. The van der Waals surface area contributed by atoms with E-state index in [-0.39, 0.29) is 18.4 Å². The van der Waals surface area contributed by atoms with Crippen LogP contribution in [0, 0.1) is 0 Å². The van der Waals surface area contributed by atoms with Crippen LogP contribution in [-0.2, 0) is 16.0 Å². The summed E-state index contributed by atoms with van der Waals surface area (Å²) < 4.78 is 1.96. The number of amides is 1. The average Bonchev–Trinajstić information content (AvgIpc) is 2.97. The monoisotopic (exact) mass is 408 g/mol. The highest BCUT2D eigenvalue weighted by Gasteiger charge is 2.30. The van der Waals surface area contributed by atoms with Crippen LogP contribution in [-0.4, -0.2) is 30.7 Å². The fourth-order valence-electron chi connectivity index (χ4n) is 3.77. The number of imidazole rings is 1. The van der Waals surface area contributed by atoms with Crippen molar-refractivity contribution in [2.24, 2.45) is 0 Å². The summed E-state index contributed by atoms with van der Waals surface area (Å²) in [6, 6.07) is 12.9. The minimum atomic E-state index is -1.29. The molecular formula is C23H28N4O3. The molecule has 1 fully saturated rings. The predicted molar refractivity (Wildman–Crippen MR) is 115 cm³/mol. The van der Waals surface area contributed by atoms with Gasteiger partial charge in [-0.25, -0.2) is 9.97 Å². The average molecular weight is 409 g/mol. The van der Waals surface area contributed by atoms with Crippen molar-refractivity contribution in [3.8, 4) is 0 Å². The molecule has 1 saturated carbocycles. The summed E-state index contributed by atoms with van der Waals surface area (Å²) in [7, 11) is 0. The summed E-state index contributed by atoms with van der Waals surface area (Å²) in [6.07, 6.45) is 3.01. The van der Waals surface area contributed by atoms with Gasteiger partial charge >= 0.3 is 0 Å². The summed E-state index contributed by atoms with van der Waals surface area (Å²) in [5, 5.41) is 24.0. The predicted octanol–water partition coefficient (Wildman–Crippen LogP) is 3.62. The number of hydrogen-bond donors (Lipinski definition) is 3. The molecule has 3 N–H and O–H groups in total. The number of nitrogens with one attached hydrogen (secondary N) is 1. The van der Waals surface area contributed by atoms with Gasteiger partial charge in [0.25, 0.3) is 0 Å². The van der Waals surface area contributed by atoms with Crippen LogP contribution in [0.15, 0.2) is 42.5 Å². The van der Waals surface area contributed by atoms with E-state index in [1.54, 1.807) is 39.0 Å². The maximum atomic E-state index is 12.8. The van der Waals surface area contributed by atoms with E-state index in [1.165, 1.54) is 0 Å². The lowest BCUT2D eigenvalue weighted by atomic mass is 9.92. The van der Waals surface area contributed by atoms with Gasteiger partial charge in [-0.1, -0.05) is 30.3 Å². The molecule has 0 spiro atoms. The first kappa shape index (κ1) is 20.5. The largest absolute Gasteiger partial charge is 0.385 e. The number of pyridine rings is 1. The summed E-state index contributed by atoms with van der Waals surface area (Å²) in [5.41, 5.74) is 0.208. The summed E-state index contributed by atoms with van der Waals surface area (Å²) in [5.74, 6) is 0.117. The standard InChI is InChI=1S/C23H28N4O3/c1-22(2,29)18-13-12-17-20(25-18)27(16-10-7-11-16)21(24-17)26-19(28)14-23(3,30)15-8-5-4-6-9-15/h4-6,8-9,12-13,16,29-30H,7,10-11,14H2,1-3H3,(H,24,26,28)/t23-/m0/s1. The number of fused-ring (bicyclic) bond motifs is 1. The summed E-state index contributed by atoms with van der Waals surface area (Å²) in [4.78, 5) is 22.0. The van der Waals surface area contributed by atoms with Crippen molar-refractivity contribution < 1.29 is 15.0 Å². The van der Waals surface area contributed by atoms with Crippen molar-refractivity contribution in [3.05, 3.63) is 53.7 Å². The molecule has 0 bridgehead atoms. The Morgan fingerprint density at radius 3 is 2.40 bits per heavy atom. The minimum absolute atomic E-state index is 0.0900. The zero-order chi connectivity index (χ0) is 21.5. The Kier molecular flexibility index (Phi) is 5.11. The van der Waals surface area contributed by atoms with Crippen LogP contribution in [0.2, 0.25) is 0 Å². The number of nitrogens with zero attached hydrogens (tertiary/aromatic N) is 3. The van der Waals surface area contributed by atoms with Crippen molar-refractivity contribution in [2.45, 2.75) is 63.7 Å². The molecule has 2 heterocycles. The Bertz CT molecular complexity index is 1060. The lowest BCUT2D eigenvalue weighted by Gasteiger charge is -2.29. The topological polar surface area (TPSA) is 100 Å². The molecule has 0 saturated heterocycles. The van der Waals surface area contributed by atoms with E-state index in [1.807, 2.05) is 28.8 Å². The van der Waals surface area contributed by atoms with Gasteiger partial charge in [0.2, 0.25) is 11.9 Å². The fourth-order valence-corrected chi connectivity index (χ4v) is 3.77. The van der Waals surface area contributed by atoms with Crippen LogP contribution in [0.1, 0.15) is 63.8 Å². The molecule has 3 aromatic rings. The molecule has 7 heteroatoms. The van der Waals surface area contributed by atoms with Gasteiger partial charge in [-0.3, -0.25) is 14.7 Å². The molecule has 30 heavy (non-hydrogen) atoms. The molecule has 1 amide bonds. The Hall–Kier alpha value is -2.77. The maximum Gasteiger partial charge on any atom is 0.229 e. The van der Waals surface area contributed by atoms with E-state index in [4.69, 9.17) is 0 Å². The number of rotatable bonds is 6. The Labute approximate surface area is 175 Å².